The van der Waals surface area contributed by atoms with Crippen LogP contribution in [0.1, 0.15) is 42.2 Å². The Morgan fingerprint density at radius 2 is 1.97 bits per heavy atom. The standard InChI is InChI=1S/C20H25Cl2N3O3S/c1-3-11-29(27,28)25(4-2)14-15(19-7-5-6-10-23-19)13-24-20(26)17-9-8-16(21)12-18(17)22/h5-10,12,15H,3-4,11,13-14H2,1-2H3,(H,24,26). The fraction of sp³-hybridized carbons (Fsp3) is 0.400. The predicted molar refractivity (Wildman–Crippen MR) is 117 cm³/mol. The zero-order chi connectivity index (χ0) is 21.4. The third-order valence-electron chi connectivity index (χ3n) is 4.42. The Balaban J connectivity index is 2.19. The average Bonchev–Trinajstić information content (AvgIpc) is 2.68. The summed E-state index contributed by atoms with van der Waals surface area (Å²) in [5.74, 6) is -0.576. The molecule has 1 heterocycles. The molecule has 0 saturated carbocycles. The fourth-order valence-corrected chi connectivity index (χ4v) is 5.01. The molecule has 0 bridgehead atoms. The Labute approximate surface area is 182 Å². The second-order valence-electron chi connectivity index (χ2n) is 6.55. The topological polar surface area (TPSA) is 79.4 Å². The van der Waals surface area contributed by atoms with E-state index in [4.69, 9.17) is 23.2 Å². The van der Waals surface area contributed by atoms with E-state index < -0.39 is 10.0 Å². The molecule has 1 amide bonds. The maximum atomic E-state index is 12.6. The largest absolute Gasteiger partial charge is 0.351 e. The number of pyridine rings is 1. The highest BCUT2D eigenvalue weighted by atomic mass is 35.5. The SMILES string of the molecule is CCCS(=O)(=O)N(CC)CC(CNC(=O)c1ccc(Cl)cc1Cl)c1ccccn1. The van der Waals surface area contributed by atoms with Gasteiger partial charge in [0.1, 0.15) is 0 Å². The van der Waals surface area contributed by atoms with Gasteiger partial charge in [0.15, 0.2) is 0 Å². The minimum Gasteiger partial charge on any atom is -0.351 e. The van der Waals surface area contributed by atoms with Gasteiger partial charge in [-0.25, -0.2) is 12.7 Å². The molecule has 0 aliphatic carbocycles. The summed E-state index contributed by atoms with van der Waals surface area (Å²) >= 11 is 12.0. The van der Waals surface area contributed by atoms with Crippen molar-refractivity contribution < 1.29 is 13.2 Å². The number of hydrogen-bond donors (Lipinski definition) is 1. The number of sulfonamides is 1. The molecule has 2 aromatic rings. The van der Waals surface area contributed by atoms with Crippen LogP contribution in [0.2, 0.25) is 10.0 Å². The molecular formula is C20H25Cl2N3O3S. The van der Waals surface area contributed by atoms with Crippen molar-refractivity contribution in [2.75, 3.05) is 25.4 Å². The van der Waals surface area contributed by atoms with E-state index in [1.54, 1.807) is 31.3 Å². The van der Waals surface area contributed by atoms with Crippen molar-refractivity contribution in [3.05, 3.63) is 63.9 Å². The highest BCUT2D eigenvalue weighted by molar-refractivity contribution is 7.89. The van der Waals surface area contributed by atoms with Gasteiger partial charge in [-0.15, -0.1) is 0 Å². The van der Waals surface area contributed by atoms with E-state index in [1.165, 1.54) is 10.4 Å². The third-order valence-corrected chi connectivity index (χ3v) is 7.09. The number of nitrogens with zero attached hydrogens (tertiary/aromatic N) is 2. The van der Waals surface area contributed by atoms with Crippen LogP contribution in [0.5, 0.6) is 0 Å². The van der Waals surface area contributed by atoms with Gasteiger partial charge >= 0.3 is 0 Å². The van der Waals surface area contributed by atoms with E-state index in [9.17, 15) is 13.2 Å². The van der Waals surface area contributed by atoms with Crippen LogP contribution >= 0.6 is 23.2 Å². The Hall–Kier alpha value is -1.67. The number of likely N-dealkylation sites (N-methyl/N-ethyl adjacent to an activating group) is 1. The van der Waals surface area contributed by atoms with Crippen LogP contribution in [-0.4, -0.2) is 49.0 Å². The van der Waals surface area contributed by atoms with Gasteiger partial charge in [0.25, 0.3) is 5.91 Å². The zero-order valence-electron chi connectivity index (χ0n) is 16.4. The van der Waals surface area contributed by atoms with Gasteiger partial charge in [0.05, 0.1) is 16.3 Å². The molecule has 2 rings (SSSR count). The average molecular weight is 458 g/mol. The second kappa shape index (κ2) is 10.9. The number of aromatic nitrogens is 1. The van der Waals surface area contributed by atoms with Gasteiger partial charge < -0.3 is 5.32 Å². The smallest absolute Gasteiger partial charge is 0.252 e. The fourth-order valence-electron chi connectivity index (χ4n) is 2.94. The van der Waals surface area contributed by atoms with Crippen LogP contribution in [0.3, 0.4) is 0 Å². The number of hydrogen-bond acceptors (Lipinski definition) is 4. The monoisotopic (exact) mass is 457 g/mol. The van der Waals surface area contributed by atoms with Crippen molar-refractivity contribution in [1.82, 2.24) is 14.6 Å². The van der Waals surface area contributed by atoms with E-state index >= 15 is 0 Å². The third kappa shape index (κ3) is 6.67. The summed E-state index contributed by atoms with van der Waals surface area (Å²) in [6.45, 7) is 4.42. The molecule has 1 unspecified atom stereocenters. The number of nitrogens with one attached hydrogen (secondary N) is 1. The van der Waals surface area contributed by atoms with E-state index in [0.29, 0.717) is 29.2 Å². The summed E-state index contributed by atoms with van der Waals surface area (Å²) in [6, 6.07) is 10.1. The molecule has 6 nitrogen and oxygen atoms in total. The summed E-state index contributed by atoms with van der Waals surface area (Å²) in [6.07, 6.45) is 2.19. The summed E-state index contributed by atoms with van der Waals surface area (Å²) in [7, 11) is -3.37. The number of rotatable bonds is 10. The number of amides is 1. The van der Waals surface area contributed by atoms with E-state index in [-0.39, 0.29) is 35.7 Å². The molecule has 0 aliphatic rings. The van der Waals surface area contributed by atoms with E-state index in [2.05, 4.69) is 10.3 Å². The molecule has 0 radical (unpaired) electrons. The minimum atomic E-state index is -3.37. The highest BCUT2D eigenvalue weighted by Gasteiger charge is 2.25. The second-order valence-corrected chi connectivity index (χ2v) is 9.48. The lowest BCUT2D eigenvalue weighted by Gasteiger charge is -2.26. The van der Waals surface area contributed by atoms with Gasteiger partial charge in [0.2, 0.25) is 10.0 Å². The lowest BCUT2D eigenvalue weighted by atomic mass is 10.0. The van der Waals surface area contributed by atoms with Gasteiger partial charge in [0, 0.05) is 42.5 Å². The van der Waals surface area contributed by atoms with Crippen molar-refractivity contribution in [2.45, 2.75) is 26.2 Å². The number of carbonyl (C=O) groups is 1. The van der Waals surface area contributed by atoms with Crippen molar-refractivity contribution in [1.29, 1.82) is 0 Å². The highest BCUT2D eigenvalue weighted by Crippen LogP contribution is 2.22. The lowest BCUT2D eigenvalue weighted by Crippen LogP contribution is -2.40. The first-order chi connectivity index (χ1) is 13.8. The van der Waals surface area contributed by atoms with E-state index in [1.807, 2.05) is 19.1 Å². The van der Waals surface area contributed by atoms with Crippen LogP contribution < -0.4 is 5.32 Å². The summed E-state index contributed by atoms with van der Waals surface area (Å²) in [5.41, 5.74) is 1.02. The summed E-state index contributed by atoms with van der Waals surface area (Å²) in [5, 5.41) is 3.54. The molecule has 158 valence electrons. The number of halogens is 2. The van der Waals surface area contributed by atoms with Crippen LogP contribution in [0.15, 0.2) is 42.6 Å². The molecule has 0 saturated heterocycles. The van der Waals surface area contributed by atoms with Gasteiger partial charge in [-0.3, -0.25) is 9.78 Å². The van der Waals surface area contributed by atoms with Crippen LogP contribution in [0.25, 0.3) is 0 Å². The Kier molecular flexibility index (Phi) is 8.89. The molecule has 0 aliphatic heterocycles. The maximum Gasteiger partial charge on any atom is 0.252 e. The van der Waals surface area contributed by atoms with Crippen molar-refractivity contribution >= 4 is 39.1 Å². The first kappa shape index (κ1) is 23.6. The van der Waals surface area contributed by atoms with Crippen molar-refractivity contribution in [3.63, 3.8) is 0 Å². The lowest BCUT2D eigenvalue weighted by molar-refractivity contribution is 0.0950. The maximum absolute atomic E-state index is 12.6. The quantitative estimate of drug-likeness (QED) is 0.585. The van der Waals surface area contributed by atoms with Gasteiger partial charge in [-0.1, -0.05) is 43.1 Å². The molecule has 1 aromatic heterocycles. The van der Waals surface area contributed by atoms with Crippen LogP contribution in [0.4, 0.5) is 0 Å². The molecule has 1 N–H and O–H groups in total. The Bertz CT molecular complexity index is 924. The minimum absolute atomic E-state index is 0.0858. The normalized spacial score (nSPS) is 12.7. The first-order valence-corrected chi connectivity index (χ1v) is 11.8. The molecule has 9 heteroatoms. The van der Waals surface area contributed by atoms with E-state index in [0.717, 1.165) is 0 Å². The van der Waals surface area contributed by atoms with Crippen molar-refractivity contribution in [2.24, 2.45) is 0 Å². The Morgan fingerprint density at radius 1 is 1.21 bits per heavy atom. The molecule has 1 atom stereocenters. The van der Waals surface area contributed by atoms with Gasteiger partial charge in [-0.2, -0.15) is 0 Å². The number of carbonyl (C=O) groups excluding carboxylic acids is 1. The van der Waals surface area contributed by atoms with Crippen LogP contribution in [-0.2, 0) is 10.0 Å². The predicted octanol–water partition coefficient (Wildman–Crippen LogP) is 3.96. The first-order valence-electron chi connectivity index (χ1n) is 9.40. The summed E-state index contributed by atoms with van der Waals surface area (Å²) in [4.78, 5) is 16.9. The number of benzene rings is 1. The summed E-state index contributed by atoms with van der Waals surface area (Å²) < 4.78 is 26.5. The Morgan fingerprint density at radius 3 is 2.55 bits per heavy atom. The molecule has 0 fully saturated rings. The van der Waals surface area contributed by atoms with Gasteiger partial charge in [-0.05, 0) is 36.8 Å². The van der Waals surface area contributed by atoms with Crippen LogP contribution in [0, 0.1) is 0 Å². The van der Waals surface area contributed by atoms with Crippen molar-refractivity contribution in [3.8, 4) is 0 Å². The molecule has 1 aromatic carbocycles. The molecule has 29 heavy (non-hydrogen) atoms. The molecule has 0 spiro atoms. The zero-order valence-corrected chi connectivity index (χ0v) is 18.8. The molecular weight excluding hydrogens is 433 g/mol.